The molecule has 0 amide bonds. The summed E-state index contributed by atoms with van der Waals surface area (Å²) in [5, 5.41) is 9.70. The van der Waals surface area contributed by atoms with Crippen molar-refractivity contribution in [1.29, 1.82) is 0 Å². The van der Waals surface area contributed by atoms with Crippen LogP contribution in [0.1, 0.15) is 108 Å². The van der Waals surface area contributed by atoms with Crippen LogP contribution in [0.5, 0.6) is 5.75 Å². The maximum absolute atomic E-state index is 12.2. The van der Waals surface area contributed by atoms with Crippen molar-refractivity contribution in [2.24, 2.45) is 0 Å². The van der Waals surface area contributed by atoms with Gasteiger partial charge in [-0.25, -0.2) is 4.79 Å². The number of hydrogen-bond acceptors (Lipinski definition) is 4. The van der Waals surface area contributed by atoms with Crippen molar-refractivity contribution < 1.29 is 14.3 Å². The zero-order valence-electron chi connectivity index (χ0n) is 20.2. The molecule has 0 saturated carbocycles. The van der Waals surface area contributed by atoms with Gasteiger partial charge in [0.15, 0.2) is 0 Å². The molecule has 0 radical (unpaired) electrons. The Morgan fingerprint density at radius 2 is 1.19 bits per heavy atom. The number of benzene rings is 1. The summed E-state index contributed by atoms with van der Waals surface area (Å²) in [6.07, 6.45) is 20.4. The van der Waals surface area contributed by atoms with E-state index in [1.807, 2.05) is 31.2 Å². The molecular weight excluding hydrogens is 400 g/mol. The maximum atomic E-state index is 12.2. The van der Waals surface area contributed by atoms with E-state index in [2.05, 4.69) is 0 Å². The fourth-order valence-corrected chi connectivity index (χ4v) is 4.32. The average Bonchev–Trinajstić information content (AvgIpc) is 2.80. The number of para-hydroxylation sites is 1. The first kappa shape index (κ1) is 26.4. The van der Waals surface area contributed by atoms with Crippen LogP contribution in [0, 0.1) is 6.92 Å². The zero-order valence-corrected chi connectivity index (χ0v) is 20.2. The number of rotatable bonds is 19. The Hall–Kier alpha value is -1.81. The van der Waals surface area contributed by atoms with Gasteiger partial charge in [0.25, 0.3) is 0 Å². The van der Waals surface area contributed by atoms with E-state index in [-0.39, 0.29) is 5.63 Å². The molecule has 32 heavy (non-hydrogen) atoms. The SMILES string of the molecule is Cc1c(OCCCCCCCCCCCCCCCCCCO)c(=O)oc2ccccc12. The molecule has 180 valence electrons. The van der Waals surface area contributed by atoms with Crippen LogP contribution >= 0.6 is 0 Å². The predicted octanol–water partition coefficient (Wildman–Crippen LogP) is 7.71. The van der Waals surface area contributed by atoms with Gasteiger partial charge in [-0.1, -0.05) is 108 Å². The minimum absolute atomic E-state index is 0.348. The Balaban J connectivity index is 1.40. The van der Waals surface area contributed by atoms with E-state index in [4.69, 9.17) is 14.3 Å². The summed E-state index contributed by atoms with van der Waals surface area (Å²) < 4.78 is 11.2. The van der Waals surface area contributed by atoms with Crippen LogP contribution in [0.3, 0.4) is 0 Å². The summed E-state index contributed by atoms with van der Waals surface area (Å²) in [7, 11) is 0. The van der Waals surface area contributed by atoms with Crippen molar-refractivity contribution in [2.75, 3.05) is 13.2 Å². The fourth-order valence-electron chi connectivity index (χ4n) is 4.32. The van der Waals surface area contributed by atoms with E-state index < -0.39 is 0 Å². The number of aryl methyl sites for hydroxylation is 1. The van der Waals surface area contributed by atoms with Crippen LogP contribution in [0.25, 0.3) is 11.0 Å². The Kier molecular flexibility index (Phi) is 13.9. The second-order valence-electron chi connectivity index (χ2n) is 9.07. The third-order valence-electron chi connectivity index (χ3n) is 6.32. The number of fused-ring (bicyclic) bond motifs is 1. The van der Waals surface area contributed by atoms with E-state index >= 15 is 0 Å². The Bertz CT molecular complexity index is 796. The second-order valence-corrected chi connectivity index (χ2v) is 9.07. The summed E-state index contributed by atoms with van der Waals surface area (Å²) in [6.45, 7) is 2.85. The molecule has 0 aliphatic rings. The van der Waals surface area contributed by atoms with Crippen LogP contribution in [0.2, 0.25) is 0 Å². The first-order chi connectivity index (χ1) is 15.7. The lowest BCUT2D eigenvalue weighted by molar-refractivity contribution is 0.282. The Morgan fingerprint density at radius 3 is 1.72 bits per heavy atom. The highest BCUT2D eigenvalue weighted by Crippen LogP contribution is 2.23. The van der Waals surface area contributed by atoms with E-state index in [0.717, 1.165) is 30.2 Å². The van der Waals surface area contributed by atoms with Crippen molar-refractivity contribution >= 4 is 11.0 Å². The molecule has 0 fully saturated rings. The van der Waals surface area contributed by atoms with Crippen molar-refractivity contribution in [1.82, 2.24) is 0 Å². The number of unbranched alkanes of at least 4 members (excludes halogenated alkanes) is 15. The van der Waals surface area contributed by atoms with E-state index in [9.17, 15) is 4.79 Å². The lowest BCUT2D eigenvalue weighted by Gasteiger charge is -2.09. The van der Waals surface area contributed by atoms with Crippen molar-refractivity contribution in [3.8, 4) is 5.75 Å². The van der Waals surface area contributed by atoms with Crippen LogP contribution < -0.4 is 10.4 Å². The molecule has 0 bridgehead atoms. The van der Waals surface area contributed by atoms with Crippen LogP contribution in [-0.2, 0) is 0 Å². The first-order valence-electron chi connectivity index (χ1n) is 13.0. The summed E-state index contributed by atoms with van der Waals surface area (Å²) in [6, 6.07) is 7.60. The van der Waals surface area contributed by atoms with E-state index in [1.54, 1.807) is 0 Å². The molecule has 1 aromatic heterocycles. The first-order valence-corrected chi connectivity index (χ1v) is 13.0. The molecule has 4 nitrogen and oxygen atoms in total. The van der Waals surface area contributed by atoms with Crippen molar-refractivity contribution in [3.63, 3.8) is 0 Å². The molecule has 0 aliphatic carbocycles. The highest BCUT2D eigenvalue weighted by molar-refractivity contribution is 5.81. The van der Waals surface area contributed by atoms with Gasteiger partial charge >= 0.3 is 5.63 Å². The van der Waals surface area contributed by atoms with Crippen LogP contribution in [0.15, 0.2) is 33.5 Å². The lowest BCUT2D eigenvalue weighted by Crippen LogP contribution is -2.10. The van der Waals surface area contributed by atoms with Crippen molar-refractivity contribution in [2.45, 2.75) is 110 Å². The minimum Gasteiger partial charge on any atom is -0.486 e. The molecule has 0 aliphatic heterocycles. The molecule has 1 aromatic carbocycles. The van der Waals surface area contributed by atoms with Gasteiger partial charge in [0.1, 0.15) is 5.58 Å². The molecule has 1 N–H and O–H groups in total. The van der Waals surface area contributed by atoms with Gasteiger partial charge in [0.05, 0.1) is 6.61 Å². The molecular formula is C28H44O4. The summed E-state index contributed by atoms with van der Waals surface area (Å²) in [4.78, 5) is 12.2. The van der Waals surface area contributed by atoms with E-state index in [0.29, 0.717) is 24.5 Å². The maximum Gasteiger partial charge on any atom is 0.379 e. The smallest absolute Gasteiger partial charge is 0.379 e. The number of aliphatic hydroxyl groups excluding tert-OH is 1. The minimum atomic E-state index is -0.376. The monoisotopic (exact) mass is 444 g/mol. The Morgan fingerprint density at radius 1 is 0.719 bits per heavy atom. The summed E-state index contributed by atoms with van der Waals surface area (Å²) >= 11 is 0. The fraction of sp³-hybridized carbons (Fsp3) is 0.679. The molecule has 0 unspecified atom stereocenters. The van der Waals surface area contributed by atoms with Gasteiger partial charge in [-0.3, -0.25) is 0 Å². The predicted molar refractivity (Wildman–Crippen MR) is 134 cm³/mol. The van der Waals surface area contributed by atoms with Crippen molar-refractivity contribution in [3.05, 3.63) is 40.2 Å². The lowest BCUT2D eigenvalue weighted by atomic mass is 10.0. The molecule has 0 atom stereocenters. The molecule has 1 heterocycles. The largest absolute Gasteiger partial charge is 0.486 e. The molecule has 2 aromatic rings. The van der Waals surface area contributed by atoms with E-state index in [1.165, 1.54) is 83.5 Å². The zero-order chi connectivity index (χ0) is 22.9. The molecule has 0 saturated heterocycles. The topological polar surface area (TPSA) is 59.7 Å². The number of aliphatic hydroxyl groups is 1. The van der Waals surface area contributed by atoms with Gasteiger partial charge in [0, 0.05) is 17.6 Å². The standard InChI is InChI=1S/C28H44O4/c1-24-25-20-16-17-21-26(25)32-28(30)27(24)31-23-19-15-13-11-9-7-5-3-2-4-6-8-10-12-14-18-22-29/h16-17,20-21,29H,2-15,18-19,22-23H2,1H3. The quantitative estimate of drug-likeness (QED) is 0.178. The molecule has 2 rings (SSSR count). The average molecular weight is 445 g/mol. The highest BCUT2D eigenvalue weighted by atomic mass is 16.5. The van der Waals surface area contributed by atoms with Crippen LogP contribution in [0.4, 0.5) is 0 Å². The number of hydrogen-bond donors (Lipinski definition) is 1. The normalized spacial score (nSPS) is 11.3. The third kappa shape index (κ3) is 10.2. The van der Waals surface area contributed by atoms with Crippen LogP contribution in [-0.4, -0.2) is 18.3 Å². The Labute approximate surface area is 194 Å². The molecule has 0 spiro atoms. The van der Waals surface area contributed by atoms with Gasteiger partial charge in [-0.05, 0) is 25.8 Å². The molecule has 4 heteroatoms. The highest BCUT2D eigenvalue weighted by Gasteiger charge is 2.11. The summed E-state index contributed by atoms with van der Waals surface area (Å²) in [5.41, 5.74) is 1.11. The number of ether oxygens (including phenoxy) is 1. The third-order valence-corrected chi connectivity index (χ3v) is 6.32. The second kappa shape index (κ2) is 16.8. The van der Waals surface area contributed by atoms with Gasteiger partial charge in [0.2, 0.25) is 5.75 Å². The van der Waals surface area contributed by atoms with Gasteiger partial charge in [-0.15, -0.1) is 0 Å². The summed E-state index contributed by atoms with van der Waals surface area (Å²) in [5.74, 6) is 0.366. The van der Waals surface area contributed by atoms with Gasteiger partial charge in [-0.2, -0.15) is 0 Å². The van der Waals surface area contributed by atoms with Gasteiger partial charge < -0.3 is 14.3 Å².